The summed E-state index contributed by atoms with van der Waals surface area (Å²) >= 11 is 2.89. The van der Waals surface area contributed by atoms with Crippen LogP contribution in [0.5, 0.6) is 0 Å². The maximum Gasteiger partial charge on any atom is 0.307 e. The van der Waals surface area contributed by atoms with Gasteiger partial charge in [-0.1, -0.05) is 76.1 Å². The second kappa shape index (κ2) is 14.0. The molecule has 36 heavy (non-hydrogen) atoms. The molecule has 0 aliphatic heterocycles. The Bertz CT molecular complexity index is 1020. The van der Waals surface area contributed by atoms with Crippen molar-refractivity contribution in [2.45, 2.75) is 87.6 Å². The molecule has 1 amide bonds. The van der Waals surface area contributed by atoms with Crippen molar-refractivity contribution in [3.05, 3.63) is 41.2 Å². The van der Waals surface area contributed by atoms with Crippen LogP contribution in [-0.4, -0.2) is 39.5 Å². The number of amides is 1. The summed E-state index contributed by atoms with van der Waals surface area (Å²) in [5, 5.41) is 14.8. The van der Waals surface area contributed by atoms with Crippen molar-refractivity contribution in [1.82, 2.24) is 9.97 Å². The van der Waals surface area contributed by atoms with Crippen LogP contribution in [0.1, 0.15) is 81.2 Å². The lowest BCUT2D eigenvalue weighted by Gasteiger charge is -2.36. The number of aliphatic carboxylic acids is 1. The number of benzene rings is 1. The minimum atomic E-state index is -0.895. The van der Waals surface area contributed by atoms with E-state index in [-0.39, 0.29) is 11.8 Å². The lowest BCUT2D eigenvalue weighted by atomic mass is 9.67. The smallest absolute Gasteiger partial charge is 0.307 e. The van der Waals surface area contributed by atoms with Gasteiger partial charge in [-0.15, -0.1) is 23.5 Å². The third kappa shape index (κ3) is 7.03. The van der Waals surface area contributed by atoms with Crippen molar-refractivity contribution in [1.29, 1.82) is 0 Å². The molecule has 3 atom stereocenters. The zero-order valence-corrected chi connectivity index (χ0v) is 23.5. The molecule has 1 aromatic heterocycles. The molecule has 0 saturated carbocycles. The highest BCUT2D eigenvalue weighted by Crippen LogP contribution is 2.43. The topological polar surface area (TPSA) is 92.2 Å². The Morgan fingerprint density at radius 2 is 1.61 bits per heavy atom. The van der Waals surface area contributed by atoms with Crippen molar-refractivity contribution in [3.63, 3.8) is 0 Å². The number of anilines is 1. The number of fused-ring (bicyclic) bond motifs is 1. The Kier molecular flexibility index (Phi) is 11.1. The molecule has 0 saturated heterocycles. The molecule has 196 valence electrons. The van der Waals surface area contributed by atoms with Gasteiger partial charge >= 0.3 is 5.97 Å². The average Bonchev–Trinajstić information content (AvgIpc) is 2.87. The summed E-state index contributed by atoms with van der Waals surface area (Å²) in [6.45, 7) is 4.05. The predicted molar refractivity (Wildman–Crippen MR) is 149 cm³/mol. The SMILES string of the molecule is CCCCCCCCCC1Cc2ccccc2C(C(=O)Nc2c(SC)nc(C)nc2SC)C1C(=O)O. The maximum atomic E-state index is 13.8. The highest BCUT2D eigenvalue weighted by atomic mass is 32.2. The van der Waals surface area contributed by atoms with Crippen LogP contribution in [0.4, 0.5) is 5.69 Å². The van der Waals surface area contributed by atoms with Crippen LogP contribution in [-0.2, 0) is 16.0 Å². The fourth-order valence-corrected chi connectivity index (χ4v) is 6.53. The van der Waals surface area contributed by atoms with E-state index >= 15 is 0 Å². The van der Waals surface area contributed by atoms with Crippen LogP contribution >= 0.6 is 23.5 Å². The normalized spacial score (nSPS) is 19.1. The molecule has 1 aliphatic rings. The molecule has 0 radical (unpaired) electrons. The van der Waals surface area contributed by atoms with E-state index in [1.165, 1.54) is 55.6 Å². The first-order valence-electron chi connectivity index (χ1n) is 13.0. The predicted octanol–water partition coefficient (Wildman–Crippen LogP) is 6.96. The van der Waals surface area contributed by atoms with E-state index in [2.05, 4.69) is 22.2 Å². The standard InChI is InChI=1S/C28H39N3O3S2/c1-5-6-7-8-9-10-11-15-20-17-19-14-12-13-16-21(19)23(22(20)28(33)34)25(32)31-24-26(35-3)29-18(2)30-27(24)36-4/h12-14,16,20,22-23H,5-11,15,17H2,1-4H3,(H,31,32)(H,33,34). The summed E-state index contributed by atoms with van der Waals surface area (Å²) in [6.07, 6.45) is 13.7. The lowest BCUT2D eigenvalue weighted by Crippen LogP contribution is -2.41. The van der Waals surface area contributed by atoms with Crippen molar-refractivity contribution in [2.24, 2.45) is 11.8 Å². The van der Waals surface area contributed by atoms with E-state index in [4.69, 9.17) is 0 Å². The van der Waals surface area contributed by atoms with Crippen LogP contribution in [0.3, 0.4) is 0 Å². The molecule has 8 heteroatoms. The van der Waals surface area contributed by atoms with Gasteiger partial charge in [-0.2, -0.15) is 0 Å². The number of carboxylic acid groups (broad SMARTS) is 1. The second-order valence-electron chi connectivity index (χ2n) is 9.57. The molecule has 0 spiro atoms. The van der Waals surface area contributed by atoms with Crippen LogP contribution in [0, 0.1) is 18.8 Å². The maximum absolute atomic E-state index is 13.8. The molecule has 3 unspecified atom stereocenters. The van der Waals surface area contributed by atoms with Crippen LogP contribution < -0.4 is 5.32 Å². The highest BCUT2D eigenvalue weighted by Gasteiger charge is 2.44. The number of nitrogens with one attached hydrogen (secondary N) is 1. The third-order valence-electron chi connectivity index (χ3n) is 7.07. The minimum Gasteiger partial charge on any atom is -0.481 e. The molecular formula is C28H39N3O3S2. The molecule has 2 aromatic rings. The van der Waals surface area contributed by atoms with E-state index in [9.17, 15) is 14.7 Å². The van der Waals surface area contributed by atoms with Gasteiger partial charge in [0.05, 0.1) is 11.8 Å². The Morgan fingerprint density at radius 3 is 2.22 bits per heavy atom. The first kappa shape index (κ1) is 28.5. The number of hydrogen-bond acceptors (Lipinski definition) is 6. The Morgan fingerprint density at radius 1 is 1.00 bits per heavy atom. The van der Waals surface area contributed by atoms with Crippen LogP contribution in [0.2, 0.25) is 0 Å². The number of unbranched alkanes of at least 4 members (excludes halogenated alkanes) is 6. The fraction of sp³-hybridized carbons (Fsp3) is 0.571. The number of aromatic nitrogens is 2. The number of carbonyl (C=O) groups is 2. The monoisotopic (exact) mass is 529 g/mol. The summed E-state index contributed by atoms with van der Waals surface area (Å²) in [6, 6.07) is 7.83. The third-order valence-corrected chi connectivity index (χ3v) is 8.44. The van der Waals surface area contributed by atoms with E-state index in [0.717, 1.165) is 30.4 Å². The summed E-state index contributed by atoms with van der Waals surface area (Å²) in [5.41, 5.74) is 2.47. The summed E-state index contributed by atoms with van der Waals surface area (Å²) in [5.74, 6) is -2.14. The first-order valence-corrected chi connectivity index (χ1v) is 15.4. The van der Waals surface area contributed by atoms with E-state index in [0.29, 0.717) is 28.0 Å². The van der Waals surface area contributed by atoms with Gasteiger partial charge in [0.1, 0.15) is 21.6 Å². The number of carboxylic acids is 1. The average molecular weight is 530 g/mol. The Labute approximate surface area is 223 Å². The van der Waals surface area contributed by atoms with Gasteiger partial charge in [-0.05, 0) is 49.3 Å². The largest absolute Gasteiger partial charge is 0.481 e. The van der Waals surface area contributed by atoms with E-state index in [1.54, 1.807) is 0 Å². The van der Waals surface area contributed by atoms with Gasteiger partial charge in [0, 0.05) is 0 Å². The van der Waals surface area contributed by atoms with Gasteiger partial charge in [-0.3, -0.25) is 9.59 Å². The zero-order valence-electron chi connectivity index (χ0n) is 21.9. The summed E-state index contributed by atoms with van der Waals surface area (Å²) in [7, 11) is 0. The van der Waals surface area contributed by atoms with Crippen molar-refractivity contribution < 1.29 is 14.7 Å². The van der Waals surface area contributed by atoms with Gasteiger partial charge in [0.25, 0.3) is 0 Å². The number of hydrogen-bond donors (Lipinski definition) is 2. The molecule has 1 heterocycles. The van der Waals surface area contributed by atoms with Gasteiger partial charge in [-0.25, -0.2) is 9.97 Å². The summed E-state index contributed by atoms with van der Waals surface area (Å²) < 4.78 is 0. The number of aryl methyl sites for hydroxylation is 1. The number of thioether (sulfide) groups is 2. The first-order chi connectivity index (χ1) is 17.4. The number of rotatable bonds is 13. The van der Waals surface area contributed by atoms with Crippen LogP contribution in [0.25, 0.3) is 0 Å². The highest BCUT2D eigenvalue weighted by molar-refractivity contribution is 7.99. The Hall–Kier alpha value is -2.06. The summed E-state index contributed by atoms with van der Waals surface area (Å²) in [4.78, 5) is 35.5. The molecule has 0 fully saturated rings. The van der Waals surface area contributed by atoms with E-state index < -0.39 is 17.8 Å². The Balaban J connectivity index is 1.85. The molecule has 0 bridgehead atoms. The number of nitrogens with zero attached hydrogens (tertiary/aromatic N) is 2. The molecule has 1 aromatic carbocycles. The minimum absolute atomic E-state index is 0.0712. The van der Waals surface area contributed by atoms with Crippen molar-refractivity contribution in [3.8, 4) is 0 Å². The van der Waals surface area contributed by atoms with Gasteiger partial charge in [0.15, 0.2) is 0 Å². The second-order valence-corrected chi connectivity index (χ2v) is 11.2. The molecule has 2 N–H and O–H groups in total. The fourth-order valence-electron chi connectivity index (χ4n) is 5.32. The van der Waals surface area contributed by atoms with E-state index in [1.807, 2.05) is 43.7 Å². The quantitative estimate of drug-likeness (QED) is 0.164. The number of carbonyl (C=O) groups excluding carboxylic acids is 1. The molecular weight excluding hydrogens is 490 g/mol. The van der Waals surface area contributed by atoms with Gasteiger partial charge in [0.2, 0.25) is 5.91 Å². The molecule has 3 rings (SSSR count). The molecule has 1 aliphatic carbocycles. The van der Waals surface area contributed by atoms with Gasteiger partial charge < -0.3 is 10.4 Å². The van der Waals surface area contributed by atoms with Crippen molar-refractivity contribution in [2.75, 3.05) is 17.8 Å². The van der Waals surface area contributed by atoms with Crippen LogP contribution in [0.15, 0.2) is 34.3 Å². The lowest BCUT2D eigenvalue weighted by molar-refractivity contribution is -0.147. The van der Waals surface area contributed by atoms with Crippen molar-refractivity contribution >= 4 is 41.1 Å². The molecule has 6 nitrogen and oxygen atoms in total. The zero-order chi connectivity index (χ0) is 26.1.